The molecule has 3 fully saturated rings. The number of carbonyl (C=O) groups excluding carboxylic acids is 20. The van der Waals surface area contributed by atoms with Gasteiger partial charge < -0.3 is 172 Å². The number of benzene rings is 1. The third kappa shape index (κ3) is 39.0. The van der Waals surface area contributed by atoms with Gasteiger partial charge in [-0.15, -0.1) is 0 Å². The Kier molecular flexibility index (Phi) is 48.5. The number of imidazole rings is 1. The lowest BCUT2D eigenvalue weighted by atomic mass is 10.0. The summed E-state index contributed by atoms with van der Waals surface area (Å²) in [5.41, 5.74) is 40.5. The fourth-order valence-corrected chi connectivity index (χ4v) is 20.0. The average molecular weight is 2060 g/mol. The molecule has 0 radical (unpaired) electrons. The summed E-state index contributed by atoms with van der Waals surface area (Å²) in [5, 5.41) is 104. The Morgan fingerprint density at radius 2 is 0.826 bits per heavy atom. The fraction of sp³-hybridized carbons (Fsp3) is 0.553. The summed E-state index contributed by atoms with van der Waals surface area (Å²) in [6.07, 6.45) is -1.80. The van der Waals surface area contributed by atoms with Crippen LogP contribution < -0.4 is 141 Å². The molecule has 20 amide bonds. The zero-order valence-electron chi connectivity index (χ0n) is 73.8. The molecule has 2 aromatic heterocycles. The number of hydrogen-bond acceptors (Lipinski definition) is 35. The third-order valence-corrected chi connectivity index (χ3v) is 27.6. The van der Waals surface area contributed by atoms with Crippen molar-refractivity contribution in [3.8, 4) is 0 Å². The van der Waals surface area contributed by atoms with E-state index in [0.717, 1.165) is 6.33 Å². The standard InChI is InChI=1S/C76H115N31O25S6/c77-12-4-3-9-38-60(118)96-41(15-33-20-89-37-8-2-1-7-35(33)37)63(121)105-50-28-137-138-29-51-72(130)98-43(18-55(80)112)65(123)106-52(73(131)102-47(25-110)69(127)101-46(24-109)68(126)93-38)30-135-133-26-48(58(81)116)103-74(132)53(31-136-134-27-49(70(128)107-51)92-56(113)22-90-59(117)36(78)17-54(79)111)104-62(120)40(11-6-14-88-76(84)85)94-67(125)45(23-108)100-64(122)42(16-34-21-86-32-91-34)97-66(124)44(19-57(114)115)99-61(119)39(95-71(50)129)10-5-13-87-75(82)83/h1-2,7-8,20-21,32,36,38-53,89,108-110H,3-6,9-19,22-31,77-78H2,(H2,79,111)(H2,80,112)(H2,81,116)(H,86,91)(H,90,117)(H,92,113)(H,93,126)(H,94,125)(H,95,129)(H,96,118)(H,97,124)(H,98,130)(H,99,119)(H,100,122)(H,101,127)(H,102,131)(H,103,132)(H,104,120)(H,105,121)(H,106,123)(H,107,128)(H,114,115)(H4,82,83,87)(H4,84,85,88)/t36-,38-,39-,40-,41-,42-,43+,44-,45-,46-,47-,48-,49-,50-,51-,52-,53-/m0/s1. The van der Waals surface area contributed by atoms with Crippen molar-refractivity contribution in [3.63, 3.8) is 0 Å². The van der Waals surface area contributed by atoms with E-state index in [4.69, 9.17) is 51.0 Å². The number of nitrogens with one attached hydrogen (secondary N) is 23. The molecule has 3 saturated heterocycles. The van der Waals surface area contributed by atoms with Gasteiger partial charge in [0.15, 0.2) is 11.9 Å². The number of H-pyrrole nitrogens is 2. The number of amides is 20. The molecule has 0 aliphatic carbocycles. The molecular weight excluding hydrogens is 1940 g/mol. The number of aliphatic carboxylic acids is 1. The van der Waals surface area contributed by atoms with E-state index in [0.29, 0.717) is 81.2 Å². The number of fused-ring (bicyclic) bond motifs is 17. The molecule has 4 bridgehead atoms. The lowest BCUT2D eigenvalue weighted by Crippen LogP contribution is -2.62. The molecule has 760 valence electrons. The predicted octanol–water partition coefficient (Wildman–Crippen LogP) is -14.6. The number of para-hydroxylation sites is 1. The maximum atomic E-state index is 15.7. The number of primary amides is 3. The van der Waals surface area contributed by atoms with E-state index in [-0.39, 0.29) is 57.4 Å². The molecule has 6 rings (SSSR count). The van der Waals surface area contributed by atoms with Gasteiger partial charge in [0.25, 0.3) is 0 Å². The number of nitrogens with zero attached hydrogens (tertiary/aromatic N) is 1. The molecule has 3 aliphatic rings. The quantitative estimate of drug-likeness (QED) is 0.0128. The van der Waals surface area contributed by atoms with Crippen molar-refractivity contribution < 1.29 is 121 Å². The summed E-state index contributed by atoms with van der Waals surface area (Å²) in [7, 11) is 3.76. The number of aliphatic hydroxyl groups is 3. The van der Waals surface area contributed by atoms with Gasteiger partial charge in [0.05, 0.1) is 63.7 Å². The van der Waals surface area contributed by atoms with Crippen LogP contribution in [0.5, 0.6) is 0 Å². The molecule has 1 aromatic carbocycles. The number of aromatic amines is 2. The van der Waals surface area contributed by atoms with Crippen molar-refractivity contribution in [1.29, 1.82) is 10.8 Å². The van der Waals surface area contributed by atoms with Crippen LogP contribution in [0.15, 0.2) is 43.0 Å². The SMILES string of the molecule is N=C(N)NCCC[C@@H]1NC(=O)[C@H](CO)NC(=O)[C@H](Cc2c[nH]cn2)NC(=O)[C@H](CC(=O)O)NC(=O)[C@H](CCCNC(=N)N)NC(=O)[C@@H]2CSSC[C@@H]3NC(=O)[C@@H](NC(=O)CNC(=O)[C@@H](N)CC(N)=O)CSSC[C@H](NC1=O)C(=O)N[C@H](C(N)=O)CSSC[C@H](NC(=O)[C@@H](CC(N)=O)NC3=O)C(=O)N[C@@H](CO)C(=O)N[C@@H](CO)C(=O)N[C@@H](CCCCN)C(=O)N[C@@H](Cc1c[nH]c3ccccc13)C(=O)N2. The van der Waals surface area contributed by atoms with Gasteiger partial charge in [-0.3, -0.25) is 112 Å². The molecule has 3 aromatic rings. The van der Waals surface area contributed by atoms with Crippen LogP contribution >= 0.6 is 64.8 Å². The van der Waals surface area contributed by atoms with Crippen LogP contribution in [-0.4, -0.2) is 355 Å². The number of guanidine groups is 2. The Morgan fingerprint density at radius 1 is 0.435 bits per heavy atom. The molecule has 0 saturated carbocycles. The van der Waals surface area contributed by atoms with Crippen LogP contribution in [0.4, 0.5) is 0 Å². The first-order valence-corrected chi connectivity index (χ1v) is 50.0. The lowest BCUT2D eigenvalue weighted by molar-refractivity contribution is -0.141. The van der Waals surface area contributed by atoms with E-state index in [1.165, 1.54) is 12.4 Å². The van der Waals surface area contributed by atoms with E-state index in [9.17, 15) is 87.5 Å². The first kappa shape index (κ1) is 114. The fourth-order valence-electron chi connectivity index (χ4n) is 13.0. The predicted molar refractivity (Wildman–Crippen MR) is 502 cm³/mol. The highest BCUT2D eigenvalue weighted by molar-refractivity contribution is 8.77. The third-order valence-electron chi connectivity index (χ3n) is 20.3. The van der Waals surface area contributed by atoms with Gasteiger partial charge >= 0.3 is 5.97 Å². The second-order valence-corrected chi connectivity index (χ2v) is 38.7. The Hall–Kier alpha value is -12.7. The molecule has 138 heavy (non-hydrogen) atoms. The molecule has 17 atom stereocenters. The summed E-state index contributed by atoms with van der Waals surface area (Å²) in [6.45, 7) is -5.32. The topological polar surface area (TPSA) is 942 Å². The molecule has 3 aliphatic heterocycles. The lowest BCUT2D eigenvalue weighted by Gasteiger charge is -2.28. The normalized spacial score (nSPS) is 25.2. The highest BCUT2D eigenvalue weighted by Crippen LogP contribution is 2.28. The zero-order chi connectivity index (χ0) is 102. The Morgan fingerprint density at radius 3 is 1.30 bits per heavy atom. The Balaban J connectivity index is 1.70. The number of aliphatic hydroxyl groups excluding tert-OH is 3. The van der Waals surface area contributed by atoms with Crippen molar-refractivity contribution in [3.05, 3.63) is 54.2 Å². The minimum absolute atomic E-state index is 0.0142. The van der Waals surface area contributed by atoms with Crippen molar-refractivity contribution in [2.45, 2.75) is 180 Å². The van der Waals surface area contributed by atoms with Crippen LogP contribution in [0.2, 0.25) is 0 Å². The molecule has 62 heteroatoms. The number of carboxylic acid groups (broad SMARTS) is 1. The van der Waals surface area contributed by atoms with Crippen LogP contribution in [0, 0.1) is 10.8 Å². The number of carbonyl (C=O) groups is 21. The highest BCUT2D eigenvalue weighted by atomic mass is 33.1. The van der Waals surface area contributed by atoms with E-state index < -0.39 is 345 Å². The smallest absolute Gasteiger partial charge is 0.305 e. The first-order chi connectivity index (χ1) is 65.6. The Labute approximate surface area is 809 Å². The van der Waals surface area contributed by atoms with E-state index in [2.05, 4.69) is 116 Å². The number of rotatable bonds is 30. The summed E-state index contributed by atoms with van der Waals surface area (Å²) in [6, 6.07) is -27.0. The maximum Gasteiger partial charge on any atom is 0.305 e. The maximum absolute atomic E-state index is 15.7. The molecule has 0 unspecified atom stereocenters. The van der Waals surface area contributed by atoms with Crippen LogP contribution in [-0.2, 0) is 114 Å². The molecule has 0 spiro atoms. The summed E-state index contributed by atoms with van der Waals surface area (Å²) >= 11 is 0. The van der Waals surface area contributed by atoms with E-state index >= 15 is 33.6 Å². The van der Waals surface area contributed by atoms with Crippen molar-refractivity contribution in [2.24, 2.45) is 40.1 Å². The largest absolute Gasteiger partial charge is 0.481 e. The van der Waals surface area contributed by atoms with E-state index in [1.54, 1.807) is 24.3 Å². The average Bonchev–Trinajstić information content (AvgIpc) is 1.64. The van der Waals surface area contributed by atoms with Crippen molar-refractivity contribution in [1.82, 2.24) is 116 Å². The number of carboxylic acids is 1. The van der Waals surface area contributed by atoms with Gasteiger partial charge in [0.2, 0.25) is 118 Å². The first-order valence-electron chi connectivity index (χ1n) is 42.5. The minimum Gasteiger partial charge on any atom is -0.481 e. The summed E-state index contributed by atoms with van der Waals surface area (Å²) in [4.78, 5) is 313. The minimum atomic E-state index is -2.25. The number of aromatic nitrogens is 3. The van der Waals surface area contributed by atoms with Gasteiger partial charge in [-0.05, 0) is 63.1 Å². The molecule has 56 nitrogen and oxygen atoms in total. The zero-order valence-corrected chi connectivity index (χ0v) is 78.7. The van der Waals surface area contributed by atoms with Gasteiger partial charge in [-0.25, -0.2) is 4.98 Å². The van der Waals surface area contributed by atoms with Crippen molar-refractivity contribution >= 4 is 212 Å². The van der Waals surface area contributed by atoms with Crippen LogP contribution in [0.25, 0.3) is 10.9 Å². The Bertz CT molecular complexity index is 4840. The number of unbranched alkanes of at least 4 members (excludes halogenated alkanes) is 1. The van der Waals surface area contributed by atoms with Crippen LogP contribution in [0.1, 0.15) is 75.5 Å². The van der Waals surface area contributed by atoms with Crippen molar-refractivity contribution in [2.75, 3.05) is 80.5 Å². The second-order valence-electron chi connectivity index (χ2n) is 31.0. The van der Waals surface area contributed by atoms with Gasteiger partial charge in [0, 0.05) is 83.7 Å². The van der Waals surface area contributed by atoms with Crippen LogP contribution in [0.3, 0.4) is 0 Å². The highest BCUT2D eigenvalue weighted by Gasteiger charge is 2.42. The number of nitrogens with two attached hydrogens (primary N) is 7. The van der Waals surface area contributed by atoms with E-state index in [1.807, 2.05) is 0 Å². The monoisotopic (exact) mass is 2050 g/mol. The molecule has 5 heterocycles. The number of hydrogen-bond donors (Lipinski definition) is 34. The van der Waals surface area contributed by atoms with Gasteiger partial charge in [-0.2, -0.15) is 0 Å². The molecular formula is C76H115N31O25S6. The second kappa shape index (κ2) is 58.8. The molecule has 41 N–H and O–H groups in total. The summed E-state index contributed by atoms with van der Waals surface area (Å²) in [5.74, 6) is -33.1. The van der Waals surface area contributed by atoms with Gasteiger partial charge in [0.1, 0.15) is 96.7 Å². The summed E-state index contributed by atoms with van der Waals surface area (Å²) < 4.78 is 0. The van der Waals surface area contributed by atoms with Gasteiger partial charge in [-0.1, -0.05) is 83.0 Å².